The van der Waals surface area contributed by atoms with Crippen LogP contribution in [0, 0.1) is 0 Å². The number of carboxylic acids is 1. The van der Waals surface area contributed by atoms with Gasteiger partial charge in [-0.1, -0.05) is 60.7 Å². The van der Waals surface area contributed by atoms with Crippen molar-refractivity contribution in [3.8, 4) is 0 Å². The number of aliphatic hydroxyl groups excluding tert-OH is 1. The average molecular weight is 528 g/mol. The van der Waals surface area contributed by atoms with E-state index in [0.717, 1.165) is 4.90 Å². The molecule has 0 bridgehead atoms. The molecule has 0 saturated carbocycles. The number of hydrogen-bond acceptors (Lipinski definition) is 6. The molecule has 0 spiro atoms. The SMILES string of the molecule is C[C@H](N)C(=O)N1CCC[C@H]1C(=O)N1CC[C@H](O)[C@]1(C(=O)O)P(=O)(Cc1ccccc1)Cc1ccccc1. The molecule has 0 radical (unpaired) electrons. The standard InChI is InChI=1S/C27H34N3O6P/c1-19(28)24(32)29-15-8-13-22(29)25(33)30-16-14-23(31)27(30,26(34)35)37(36,17-20-9-4-2-5-10-20)18-21-11-6-3-7-12-21/h2-7,9-12,19,22-23,31H,8,13-18,28H2,1H3,(H,34,35)/t19-,22-,23-,27+/m0/s1. The van der Waals surface area contributed by atoms with Crippen molar-refractivity contribution in [1.82, 2.24) is 9.80 Å². The number of carboxylic acid groups (broad SMARTS) is 1. The minimum atomic E-state index is -3.94. The Morgan fingerprint density at radius 2 is 1.54 bits per heavy atom. The molecule has 0 aliphatic carbocycles. The van der Waals surface area contributed by atoms with Crippen molar-refractivity contribution in [3.63, 3.8) is 0 Å². The number of aliphatic carboxylic acids is 1. The van der Waals surface area contributed by atoms with Gasteiger partial charge < -0.3 is 30.3 Å². The molecule has 37 heavy (non-hydrogen) atoms. The number of amides is 2. The molecule has 0 unspecified atom stereocenters. The highest BCUT2D eigenvalue weighted by molar-refractivity contribution is 7.65. The Bertz CT molecular complexity index is 1150. The van der Waals surface area contributed by atoms with Gasteiger partial charge in [0.05, 0.1) is 12.1 Å². The normalized spacial score (nSPS) is 24.7. The number of aliphatic hydroxyl groups is 1. The highest BCUT2D eigenvalue weighted by Crippen LogP contribution is 2.67. The first kappa shape index (κ1) is 27.0. The summed E-state index contributed by atoms with van der Waals surface area (Å²) in [6.07, 6.45) is -0.865. The number of nitrogens with two attached hydrogens (primary N) is 1. The van der Waals surface area contributed by atoms with Gasteiger partial charge >= 0.3 is 5.97 Å². The lowest BCUT2D eigenvalue weighted by atomic mass is 10.1. The van der Waals surface area contributed by atoms with Crippen LogP contribution in [-0.2, 0) is 31.3 Å². The molecule has 2 aliphatic heterocycles. The first-order valence-corrected chi connectivity index (χ1v) is 14.6. The highest BCUT2D eigenvalue weighted by atomic mass is 31.2. The number of nitrogens with zero attached hydrogens (tertiary/aromatic N) is 2. The summed E-state index contributed by atoms with van der Waals surface area (Å²) < 4.78 is 15.1. The zero-order valence-corrected chi connectivity index (χ0v) is 21.8. The van der Waals surface area contributed by atoms with E-state index in [1.165, 1.54) is 11.8 Å². The van der Waals surface area contributed by atoms with Gasteiger partial charge in [-0.3, -0.25) is 9.59 Å². The molecule has 9 nitrogen and oxygen atoms in total. The third-order valence-corrected chi connectivity index (χ3v) is 11.2. The van der Waals surface area contributed by atoms with E-state index < -0.39 is 48.4 Å². The smallest absolute Gasteiger partial charge is 0.340 e. The topological polar surface area (TPSA) is 141 Å². The zero-order chi connectivity index (χ0) is 26.8. The summed E-state index contributed by atoms with van der Waals surface area (Å²) in [6, 6.07) is 16.1. The lowest BCUT2D eigenvalue weighted by Gasteiger charge is -2.44. The Labute approximate surface area is 216 Å². The molecule has 2 aliphatic rings. The van der Waals surface area contributed by atoms with Crippen LogP contribution in [0.5, 0.6) is 0 Å². The minimum Gasteiger partial charge on any atom is -0.479 e. The second-order valence-corrected chi connectivity index (χ2v) is 13.1. The van der Waals surface area contributed by atoms with E-state index in [9.17, 15) is 24.6 Å². The maximum Gasteiger partial charge on any atom is 0.340 e. The van der Waals surface area contributed by atoms with Crippen molar-refractivity contribution in [3.05, 3.63) is 71.8 Å². The highest BCUT2D eigenvalue weighted by Gasteiger charge is 2.67. The first-order valence-electron chi connectivity index (χ1n) is 12.6. The van der Waals surface area contributed by atoms with E-state index in [1.54, 1.807) is 48.5 Å². The summed E-state index contributed by atoms with van der Waals surface area (Å²) in [5.41, 5.74) is 7.11. The summed E-state index contributed by atoms with van der Waals surface area (Å²) in [5.74, 6) is -2.50. The molecule has 10 heteroatoms. The van der Waals surface area contributed by atoms with Gasteiger partial charge in [-0.25, -0.2) is 4.79 Å². The predicted molar refractivity (Wildman–Crippen MR) is 139 cm³/mol. The molecule has 198 valence electrons. The molecule has 2 amide bonds. The molecule has 2 saturated heterocycles. The van der Waals surface area contributed by atoms with Gasteiger partial charge in [0.1, 0.15) is 13.2 Å². The molecule has 2 aromatic rings. The van der Waals surface area contributed by atoms with Gasteiger partial charge in [0.25, 0.3) is 0 Å². The maximum absolute atomic E-state index is 15.1. The second-order valence-electron chi connectivity index (χ2n) is 9.98. The molecule has 4 N–H and O–H groups in total. The Balaban J connectivity index is 1.82. The molecule has 0 aromatic heterocycles. The number of benzene rings is 2. The Morgan fingerprint density at radius 3 is 2.03 bits per heavy atom. The summed E-state index contributed by atoms with van der Waals surface area (Å²) in [6.45, 7) is 1.80. The van der Waals surface area contributed by atoms with Gasteiger partial charge in [-0.15, -0.1) is 0 Å². The van der Waals surface area contributed by atoms with Crippen molar-refractivity contribution in [2.75, 3.05) is 13.1 Å². The van der Waals surface area contributed by atoms with Crippen LogP contribution in [0.4, 0.5) is 0 Å². The van der Waals surface area contributed by atoms with Crippen molar-refractivity contribution in [2.24, 2.45) is 5.73 Å². The van der Waals surface area contributed by atoms with Crippen LogP contribution in [0.25, 0.3) is 0 Å². The van der Waals surface area contributed by atoms with Crippen LogP contribution in [0.2, 0.25) is 0 Å². The molecular weight excluding hydrogens is 493 g/mol. The van der Waals surface area contributed by atoms with Crippen LogP contribution < -0.4 is 5.73 Å². The number of hydrogen-bond donors (Lipinski definition) is 3. The van der Waals surface area contributed by atoms with Crippen molar-refractivity contribution in [2.45, 2.75) is 62.0 Å². The number of carbonyl (C=O) groups excluding carboxylic acids is 2. The molecular formula is C27H34N3O6P. The third-order valence-electron chi connectivity index (χ3n) is 7.48. The van der Waals surface area contributed by atoms with Crippen molar-refractivity contribution in [1.29, 1.82) is 0 Å². The zero-order valence-electron chi connectivity index (χ0n) is 20.9. The molecule has 2 aromatic carbocycles. The summed E-state index contributed by atoms with van der Waals surface area (Å²) in [5, 5.41) is 19.7. The van der Waals surface area contributed by atoms with E-state index in [1.807, 2.05) is 12.1 Å². The quantitative estimate of drug-likeness (QED) is 0.448. The molecule has 2 heterocycles. The summed E-state index contributed by atoms with van der Waals surface area (Å²) in [7, 11) is -3.94. The maximum atomic E-state index is 15.1. The van der Waals surface area contributed by atoms with Crippen molar-refractivity contribution >= 4 is 24.9 Å². The summed E-state index contributed by atoms with van der Waals surface area (Å²) >= 11 is 0. The van der Waals surface area contributed by atoms with Gasteiger partial charge in [-0.05, 0) is 37.3 Å². The van der Waals surface area contributed by atoms with Gasteiger partial charge in [0.2, 0.25) is 17.1 Å². The van der Waals surface area contributed by atoms with E-state index in [2.05, 4.69) is 0 Å². The van der Waals surface area contributed by atoms with Crippen LogP contribution in [0.3, 0.4) is 0 Å². The van der Waals surface area contributed by atoms with E-state index in [0.29, 0.717) is 30.5 Å². The van der Waals surface area contributed by atoms with E-state index in [-0.39, 0.29) is 25.3 Å². The van der Waals surface area contributed by atoms with E-state index >= 15 is 4.57 Å². The monoisotopic (exact) mass is 527 g/mol. The predicted octanol–water partition coefficient (Wildman–Crippen LogP) is 2.46. The fourth-order valence-electron chi connectivity index (χ4n) is 5.79. The van der Waals surface area contributed by atoms with Gasteiger partial charge in [0, 0.05) is 25.4 Å². The molecule has 4 rings (SSSR count). The van der Waals surface area contributed by atoms with Crippen LogP contribution in [-0.4, -0.2) is 74.4 Å². The van der Waals surface area contributed by atoms with Gasteiger partial charge in [0.15, 0.2) is 0 Å². The van der Waals surface area contributed by atoms with Gasteiger partial charge in [-0.2, -0.15) is 0 Å². The molecule has 4 atom stereocenters. The van der Waals surface area contributed by atoms with Crippen LogP contribution in [0.15, 0.2) is 60.7 Å². The fourth-order valence-corrected chi connectivity index (χ4v) is 9.64. The minimum absolute atomic E-state index is 0.0282. The Morgan fingerprint density at radius 1 is 1.00 bits per heavy atom. The largest absolute Gasteiger partial charge is 0.479 e. The average Bonchev–Trinajstić information content (AvgIpc) is 3.49. The van der Waals surface area contributed by atoms with E-state index in [4.69, 9.17) is 5.73 Å². The second kappa shape index (κ2) is 10.8. The number of carbonyl (C=O) groups is 3. The summed E-state index contributed by atoms with van der Waals surface area (Å²) in [4.78, 5) is 42.4. The molecule has 2 fully saturated rings. The first-order chi connectivity index (χ1) is 17.6. The van der Waals surface area contributed by atoms with Crippen molar-refractivity contribution < 1.29 is 29.2 Å². The number of rotatable bonds is 8. The third kappa shape index (κ3) is 4.83. The number of likely N-dealkylation sites (tertiary alicyclic amines) is 2. The lowest BCUT2D eigenvalue weighted by Crippen LogP contribution is -2.62. The Hall–Kier alpha value is -3.00. The lowest BCUT2D eigenvalue weighted by molar-refractivity contribution is -0.157. The fraction of sp³-hybridized carbons (Fsp3) is 0.444. The Kier molecular flexibility index (Phi) is 7.88. The van der Waals surface area contributed by atoms with Crippen LogP contribution in [0.1, 0.15) is 37.3 Å². The van der Waals surface area contributed by atoms with Crippen LogP contribution >= 0.6 is 7.14 Å².